The molecule has 1 aromatic heterocycles. The zero-order valence-corrected chi connectivity index (χ0v) is 20.3. The van der Waals surface area contributed by atoms with Crippen molar-refractivity contribution in [2.24, 2.45) is 17.6 Å². The number of aromatic nitrogens is 1. The second-order valence-electron chi connectivity index (χ2n) is 9.63. The number of carbonyl (C=O) groups is 2. The lowest BCUT2D eigenvalue weighted by Crippen LogP contribution is -2.58. The number of nitrogens with one attached hydrogen (secondary N) is 4. The maximum atomic E-state index is 13.8. The number of nitrogens with two attached hydrogens (primary N) is 1. The van der Waals surface area contributed by atoms with Gasteiger partial charge in [-0.05, 0) is 12.8 Å². The number of amides is 2. The number of anilines is 2. The molecule has 0 bridgehead atoms. The number of hydrogen-bond donors (Lipinski definition) is 5. The Labute approximate surface area is 208 Å². The SMILES string of the molecule is NC1NN2CC(F)CNC2C1C(=O)Nc1cncc(Cl)c1N1CCC(C(=O)N2CCNCC2)CC1. The molecule has 4 saturated heterocycles. The Morgan fingerprint density at radius 1 is 1.17 bits per heavy atom. The first-order valence-electron chi connectivity index (χ1n) is 12.3. The van der Waals surface area contributed by atoms with Crippen LogP contribution >= 0.6 is 11.6 Å². The summed E-state index contributed by atoms with van der Waals surface area (Å²) in [5, 5.41) is 11.4. The predicted octanol–water partition coefficient (Wildman–Crippen LogP) is -0.690. The first kappa shape index (κ1) is 24.6. The number of piperazine rings is 1. The Morgan fingerprint density at radius 3 is 2.66 bits per heavy atom. The van der Waals surface area contributed by atoms with E-state index in [1.54, 1.807) is 17.4 Å². The molecule has 11 nitrogen and oxygen atoms in total. The number of alkyl halides is 1. The summed E-state index contributed by atoms with van der Waals surface area (Å²) >= 11 is 6.55. The highest BCUT2D eigenvalue weighted by molar-refractivity contribution is 6.34. The van der Waals surface area contributed by atoms with Gasteiger partial charge in [0.25, 0.3) is 0 Å². The fraction of sp³-hybridized carbons (Fsp3) is 0.682. The molecule has 5 rings (SSSR count). The van der Waals surface area contributed by atoms with Gasteiger partial charge in [0.2, 0.25) is 11.8 Å². The van der Waals surface area contributed by atoms with Crippen molar-refractivity contribution in [1.82, 2.24) is 31.0 Å². The molecule has 1 aromatic rings. The van der Waals surface area contributed by atoms with E-state index in [0.717, 1.165) is 39.0 Å². The average Bonchev–Trinajstić information content (AvgIpc) is 3.19. The zero-order valence-electron chi connectivity index (χ0n) is 19.6. The summed E-state index contributed by atoms with van der Waals surface area (Å²) in [6.45, 7) is 4.81. The second-order valence-corrected chi connectivity index (χ2v) is 10.0. The van der Waals surface area contributed by atoms with E-state index in [-0.39, 0.29) is 30.8 Å². The Morgan fingerprint density at radius 2 is 1.91 bits per heavy atom. The summed E-state index contributed by atoms with van der Waals surface area (Å²) in [7, 11) is 0. The van der Waals surface area contributed by atoms with E-state index in [1.165, 1.54) is 0 Å². The number of hydrazine groups is 1. The molecule has 4 unspecified atom stereocenters. The number of piperidine rings is 1. The van der Waals surface area contributed by atoms with Crippen molar-refractivity contribution in [2.75, 3.05) is 62.6 Å². The average molecular weight is 510 g/mol. The van der Waals surface area contributed by atoms with Crippen LogP contribution in [0.1, 0.15) is 12.8 Å². The standard InChI is InChI=1S/C22H33ClFN9O2/c23-15-10-27-11-16(29-21(34)17-19(25)30-33-12-14(24)9-28-20(17)33)18(15)31-5-1-13(2-6-31)22(35)32-7-3-26-4-8-32/h10-11,13-14,17,19-20,26,28,30H,1-9,12,25H2,(H,29,34). The molecule has 4 atom stereocenters. The Bertz CT molecular complexity index is 942. The molecular weight excluding hydrogens is 477 g/mol. The minimum absolute atomic E-state index is 0.00625. The van der Waals surface area contributed by atoms with Gasteiger partial charge >= 0.3 is 0 Å². The molecule has 4 aliphatic rings. The molecule has 4 fully saturated rings. The molecule has 0 aliphatic carbocycles. The van der Waals surface area contributed by atoms with E-state index in [0.29, 0.717) is 29.5 Å². The van der Waals surface area contributed by atoms with Crippen LogP contribution in [0, 0.1) is 11.8 Å². The van der Waals surface area contributed by atoms with Crippen molar-refractivity contribution >= 4 is 34.8 Å². The van der Waals surface area contributed by atoms with Crippen molar-refractivity contribution in [3.8, 4) is 0 Å². The quantitative estimate of drug-likeness (QED) is 0.358. The molecule has 5 heterocycles. The number of halogens is 2. The molecule has 4 aliphatic heterocycles. The van der Waals surface area contributed by atoms with Gasteiger partial charge in [-0.3, -0.25) is 19.9 Å². The highest BCUT2D eigenvalue weighted by Crippen LogP contribution is 2.36. The van der Waals surface area contributed by atoms with Crippen LogP contribution < -0.4 is 32.0 Å². The van der Waals surface area contributed by atoms with Gasteiger partial charge in [-0.15, -0.1) is 0 Å². The van der Waals surface area contributed by atoms with Crippen LogP contribution in [0.15, 0.2) is 12.4 Å². The van der Waals surface area contributed by atoms with Crippen LogP contribution in [-0.2, 0) is 9.59 Å². The van der Waals surface area contributed by atoms with E-state index in [9.17, 15) is 14.0 Å². The van der Waals surface area contributed by atoms with Crippen molar-refractivity contribution in [2.45, 2.75) is 31.3 Å². The second kappa shape index (κ2) is 10.5. The number of nitrogens with zero attached hydrogens (tertiary/aromatic N) is 4. The summed E-state index contributed by atoms with van der Waals surface area (Å²) in [6, 6.07) is 0. The highest BCUT2D eigenvalue weighted by Gasteiger charge is 2.47. The van der Waals surface area contributed by atoms with Gasteiger partial charge in [0, 0.05) is 64.5 Å². The topological polar surface area (TPSA) is 131 Å². The van der Waals surface area contributed by atoms with Crippen LogP contribution in [0.25, 0.3) is 0 Å². The lowest BCUT2D eigenvalue weighted by Gasteiger charge is -2.37. The van der Waals surface area contributed by atoms with Gasteiger partial charge in [-0.1, -0.05) is 11.6 Å². The molecule has 35 heavy (non-hydrogen) atoms. The molecule has 6 N–H and O–H groups in total. The highest BCUT2D eigenvalue weighted by atomic mass is 35.5. The van der Waals surface area contributed by atoms with Crippen LogP contribution in [-0.4, -0.2) is 97.6 Å². The molecule has 13 heteroatoms. The van der Waals surface area contributed by atoms with Crippen molar-refractivity contribution in [1.29, 1.82) is 0 Å². The zero-order chi connectivity index (χ0) is 24.5. The van der Waals surface area contributed by atoms with Crippen LogP contribution in [0.4, 0.5) is 15.8 Å². The number of fused-ring (bicyclic) bond motifs is 1. The molecule has 0 spiro atoms. The molecule has 0 aromatic carbocycles. The van der Waals surface area contributed by atoms with E-state index in [4.69, 9.17) is 17.3 Å². The van der Waals surface area contributed by atoms with Crippen molar-refractivity contribution in [3.05, 3.63) is 17.4 Å². The fourth-order valence-corrected chi connectivity index (χ4v) is 5.81. The first-order chi connectivity index (χ1) is 16.9. The minimum Gasteiger partial charge on any atom is -0.369 e. The Kier molecular flexibility index (Phi) is 7.37. The number of pyridine rings is 1. The number of rotatable bonds is 4. The molecule has 0 radical (unpaired) electrons. The fourth-order valence-electron chi connectivity index (χ4n) is 5.53. The smallest absolute Gasteiger partial charge is 0.233 e. The van der Waals surface area contributed by atoms with E-state index in [2.05, 4.69) is 31.3 Å². The van der Waals surface area contributed by atoms with Crippen LogP contribution in [0.5, 0.6) is 0 Å². The maximum absolute atomic E-state index is 13.8. The molecular formula is C22H33ClFN9O2. The summed E-state index contributed by atoms with van der Waals surface area (Å²) in [6.07, 6.45) is 2.49. The Hall–Kier alpha value is -2.09. The summed E-state index contributed by atoms with van der Waals surface area (Å²) in [5.41, 5.74) is 10.4. The van der Waals surface area contributed by atoms with E-state index >= 15 is 0 Å². The Balaban J connectivity index is 1.26. The van der Waals surface area contributed by atoms with Gasteiger partial charge < -0.3 is 26.2 Å². The summed E-state index contributed by atoms with van der Waals surface area (Å²) in [5.74, 6) is -0.704. The van der Waals surface area contributed by atoms with Gasteiger partial charge in [0.05, 0.1) is 40.8 Å². The summed E-state index contributed by atoms with van der Waals surface area (Å²) in [4.78, 5) is 34.4. The lowest BCUT2D eigenvalue weighted by atomic mass is 9.94. The van der Waals surface area contributed by atoms with E-state index in [1.807, 2.05) is 4.90 Å². The van der Waals surface area contributed by atoms with Gasteiger partial charge in [0.1, 0.15) is 6.17 Å². The third kappa shape index (κ3) is 5.09. The maximum Gasteiger partial charge on any atom is 0.233 e. The monoisotopic (exact) mass is 509 g/mol. The van der Waals surface area contributed by atoms with Crippen LogP contribution in [0.3, 0.4) is 0 Å². The molecule has 2 amide bonds. The van der Waals surface area contributed by atoms with Gasteiger partial charge in [0.15, 0.2) is 0 Å². The van der Waals surface area contributed by atoms with Gasteiger partial charge in [-0.25, -0.2) is 14.8 Å². The molecule has 192 valence electrons. The first-order valence-corrected chi connectivity index (χ1v) is 12.6. The molecule has 0 saturated carbocycles. The van der Waals surface area contributed by atoms with Crippen LogP contribution in [0.2, 0.25) is 5.02 Å². The van der Waals surface area contributed by atoms with E-state index < -0.39 is 24.4 Å². The normalized spacial score (nSPS) is 30.3. The third-order valence-electron chi connectivity index (χ3n) is 7.34. The minimum atomic E-state index is -1.03. The number of carbonyl (C=O) groups excluding carboxylic acids is 2. The van der Waals surface area contributed by atoms with Crippen molar-refractivity contribution in [3.63, 3.8) is 0 Å². The van der Waals surface area contributed by atoms with Crippen molar-refractivity contribution < 1.29 is 14.0 Å². The third-order valence-corrected chi connectivity index (χ3v) is 7.62. The number of hydrogen-bond acceptors (Lipinski definition) is 9. The largest absolute Gasteiger partial charge is 0.369 e. The summed E-state index contributed by atoms with van der Waals surface area (Å²) < 4.78 is 13.8. The lowest BCUT2D eigenvalue weighted by molar-refractivity contribution is -0.136. The van der Waals surface area contributed by atoms with Gasteiger partial charge in [-0.2, -0.15) is 0 Å². The predicted molar refractivity (Wildman–Crippen MR) is 130 cm³/mol.